The predicted octanol–water partition coefficient (Wildman–Crippen LogP) is 1.59. The molecule has 3 aromatic rings. The Hall–Kier alpha value is -3.49. The van der Waals surface area contributed by atoms with E-state index in [2.05, 4.69) is 35.2 Å². The largest absolute Gasteiger partial charge is 0.353 e. The molecule has 4 rings (SSSR count). The van der Waals surface area contributed by atoms with Crippen molar-refractivity contribution in [2.75, 3.05) is 41.3 Å². The molecule has 1 aliphatic rings. The van der Waals surface area contributed by atoms with Gasteiger partial charge in [0.25, 0.3) is 0 Å². The number of rotatable bonds is 5. The monoisotopic (exact) mass is 378 g/mol. The molecule has 0 radical (unpaired) electrons. The number of piperazine rings is 1. The predicted molar refractivity (Wildman–Crippen MR) is 106 cm³/mol. The Morgan fingerprint density at radius 1 is 1.00 bits per heavy atom. The maximum absolute atomic E-state index is 12.3. The van der Waals surface area contributed by atoms with E-state index in [-0.39, 0.29) is 5.91 Å². The Labute approximate surface area is 163 Å². The fourth-order valence-electron chi connectivity index (χ4n) is 3.10. The van der Waals surface area contributed by atoms with Gasteiger partial charge in [0.05, 0.1) is 18.1 Å². The van der Waals surface area contributed by atoms with Crippen molar-refractivity contribution in [2.24, 2.45) is 0 Å². The Balaban J connectivity index is 1.33. The molecule has 4 heterocycles. The van der Waals surface area contributed by atoms with Crippen molar-refractivity contribution in [1.82, 2.24) is 24.7 Å². The number of anilines is 3. The third-order valence-electron chi connectivity index (χ3n) is 4.74. The van der Waals surface area contributed by atoms with E-state index in [1.165, 1.54) is 0 Å². The highest BCUT2D eigenvalue weighted by atomic mass is 16.2. The molecule has 0 aromatic carbocycles. The van der Waals surface area contributed by atoms with Crippen LogP contribution in [-0.4, -0.2) is 56.8 Å². The van der Waals surface area contributed by atoms with E-state index >= 15 is 0 Å². The molecular formula is C19H22N8O. The minimum absolute atomic E-state index is 0.163. The van der Waals surface area contributed by atoms with Crippen LogP contribution in [0.3, 0.4) is 0 Å². The van der Waals surface area contributed by atoms with Gasteiger partial charge in [0, 0.05) is 44.8 Å². The molecule has 3 aromatic heterocycles. The summed E-state index contributed by atoms with van der Waals surface area (Å²) in [5.74, 6) is 1.50. The molecule has 1 fully saturated rings. The van der Waals surface area contributed by atoms with Gasteiger partial charge in [-0.3, -0.25) is 9.48 Å². The van der Waals surface area contributed by atoms with Gasteiger partial charge in [0.2, 0.25) is 11.9 Å². The van der Waals surface area contributed by atoms with E-state index < -0.39 is 6.04 Å². The van der Waals surface area contributed by atoms with E-state index in [4.69, 9.17) is 0 Å². The summed E-state index contributed by atoms with van der Waals surface area (Å²) in [6.07, 6.45) is 8.50. The highest BCUT2D eigenvalue weighted by Crippen LogP contribution is 2.17. The molecule has 0 bridgehead atoms. The number of hydrogen-bond acceptors (Lipinski definition) is 7. The SMILES string of the molecule is CC(C(=O)Nc1cnc(N2CCN(c3ccccn3)CC2)nc1)n1cccn1. The van der Waals surface area contributed by atoms with Crippen molar-refractivity contribution in [3.05, 3.63) is 55.2 Å². The molecule has 1 N–H and O–H groups in total. The fraction of sp³-hybridized carbons (Fsp3) is 0.316. The number of carbonyl (C=O) groups excluding carboxylic acids is 1. The number of nitrogens with one attached hydrogen (secondary N) is 1. The quantitative estimate of drug-likeness (QED) is 0.721. The van der Waals surface area contributed by atoms with Gasteiger partial charge in [-0.1, -0.05) is 6.07 Å². The second-order valence-corrected chi connectivity index (χ2v) is 6.59. The summed E-state index contributed by atoms with van der Waals surface area (Å²) in [5, 5.41) is 6.92. The maximum Gasteiger partial charge on any atom is 0.249 e. The van der Waals surface area contributed by atoms with Crippen LogP contribution in [0.4, 0.5) is 17.5 Å². The lowest BCUT2D eigenvalue weighted by Gasteiger charge is -2.35. The van der Waals surface area contributed by atoms with Crippen LogP contribution in [0.1, 0.15) is 13.0 Å². The molecule has 0 aliphatic carbocycles. The van der Waals surface area contributed by atoms with Crippen molar-refractivity contribution in [1.29, 1.82) is 0 Å². The summed E-state index contributed by atoms with van der Waals surface area (Å²) in [5.41, 5.74) is 0.569. The first-order valence-electron chi connectivity index (χ1n) is 9.23. The minimum atomic E-state index is -0.408. The van der Waals surface area contributed by atoms with Crippen LogP contribution < -0.4 is 15.1 Å². The standard InChI is InChI=1S/C19H22N8O/c1-15(27-8-4-7-23-27)18(28)24-16-13-21-19(22-14-16)26-11-9-25(10-12-26)17-5-2-3-6-20-17/h2-8,13-15H,9-12H2,1H3,(H,24,28). The summed E-state index contributed by atoms with van der Waals surface area (Å²) in [4.78, 5) is 29.9. The van der Waals surface area contributed by atoms with Crippen LogP contribution in [0.5, 0.6) is 0 Å². The van der Waals surface area contributed by atoms with Crippen molar-refractivity contribution in [2.45, 2.75) is 13.0 Å². The molecule has 0 saturated carbocycles. The third kappa shape index (κ3) is 3.93. The zero-order valence-electron chi connectivity index (χ0n) is 15.6. The van der Waals surface area contributed by atoms with Crippen LogP contribution in [0, 0.1) is 0 Å². The first-order chi connectivity index (χ1) is 13.7. The van der Waals surface area contributed by atoms with E-state index in [9.17, 15) is 4.79 Å². The van der Waals surface area contributed by atoms with Crippen molar-refractivity contribution in [3.8, 4) is 0 Å². The molecule has 1 aliphatic heterocycles. The molecule has 1 unspecified atom stereocenters. The van der Waals surface area contributed by atoms with Crippen LogP contribution in [0.15, 0.2) is 55.2 Å². The lowest BCUT2D eigenvalue weighted by Crippen LogP contribution is -2.47. The van der Waals surface area contributed by atoms with Crippen LogP contribution in [0.2, 0.25) is 0 Å². The number of carbonyl (C=O) groups is 1. The van der Waals surface area contributed by atoms with Crippen molar-refractivity contribution in [3.63, 3.8) is 0 Å². The van der Waals surface area contributed by atoms with Gasteiger partial charge in [-0.05, 0) is 25.1 Å². The maximum atomic E-state index is 12.3. The van der Waals surface area contributed by atoms with Gasteiger partial charge in [0.1, 0.15) is 11.9 Å². The molecule has 144 valence electrons. The average molecular weight is 378 g/mol. The van der Waals surface area contributed by atoms with Gasteiger partial charge in [-0.25, -0.2) is 15.0 Å². The van der Waals surface area contributed by atoms with E-state index in [1.54, 1.807) is 42.5 Å². The zero-order valence-corrected chi connectivity index (χ0v) is 15.6. The van der Waals surface area contributed by atoms with E-state index in [0.717, 1.165) is 32.0 Å². The molecule has 1 atom stereocenters. The Morgan fingerprint density at radius 3 is 2.39 bits per heavy atom. The number of hydrogen-bond donors (Lipinski definition) is 1. The topological polar surface area (TPSA) is 92.1 Å². The number of amides is 1. The summed E-state index contributed by atoms with van der Waals surface area (Å²) in [7, 11) is 0. The van der Waals surface area contributed by atoms with Crippen molar-refractivity contribution < 1.29 is 4.79 Å². The second kappa shape index (κ2) is 8.03. The smallest absolute Gasteiger partial charge is 0.249 e. The van der Waals surface area contributed by atoms with Crippen LogP contribution >= 0.6 is 0 Å². The summed E-state index contributed by atoms with van der Waals surface area (Å²) < 4.78 is 1.60. The minimum Gasteiger partial charge on any atom is -0.353 e. The normalized spacial score (nSPS) is 15.3. The van der Waals surface area contributed by atoms with E-state index in [0.29, 0.717) is 11.6 Å². The van der Waals surface area contributed by atoms with Crippen LogP contribution in [-0.2, 0) is 4.79 Å². The molecule has 28 heavy (non-hydrogen) atoms. The molecule has 9 nitrogen and oxygen atoms in total. The molecule has 9 heteroatoms. The van der Waals surface area contributed by atoms with Gasteiger partial charge in [-0.15, -0.1) is 0 Å². The molecule has 1 saturated heterocycles. The summed E-state index contributed by atoms with van der Waals surface area (Å²) in [6.45, 7) is 5.15. The second-order valence-electron chi connectivity index (χ2n) is 6.59. The zero-order chi connectivity index (χ0) is 19.3. The first-order valence-corrected chi connectivity index (χ1v) is 9.23. The Bertz CT molecular complexity index is 889. The number of pyridine rings is 1. The first kappa shape index (κ1) is 17.9. The Kier molecular flexibility index (Phi) is 5.14. The summed E-state index contributed by atoms with van der Waals surface area (Å²) in [6, 6.07) is 7.32. The lowest BCUT2D eigenvalue weighted by molar-refractivity contribution is -0.119. The van der Waals surface area contributed by atoms with Gasteiger partial charge in [-0.2, -0.15) is 5.10 Å². The van der Waals surface area contributed by atoms with Crippen molar-refractivity contribution >= 4 is 23.4 Å². The average Bonchev–Trinajstić information content (AvgIpc) is 3.29. The molecular weight excluding hydrogens is 356 g/mol. The highest BCUT2D eigenvalue weighted by molar-refractivity contribution is 5.93. The number of aromatic nitrogens is 5. The number of nitrogens with zero attached hydrogens (tertiary/aromatic N) is 7. The lowest BCUT2D eigenvalue weighted by atomic mass is 10.3. The Morgan fingerprint density at radius 2 is 1.75 bits per heavy atom. The van der Waals surface area contributed by atoms with Gasteiger partial charge < -0.3 is 15.1 Å². The molecule has 0 spiro atoms. The highest BCUT2D eigenvalue weighted by Gasteiger charge is 2.20. The van der Waals surface area contributed by atoms with Crippen LogP contribution in [0.25, 0.3) is 0 Å². The third-order valence-corrected chi connectivity index (χ3v) is 4.74. The molecule has 1 amide bonds. The summed E-state index contributed by atoms with van der Waals surface area (Å²) >= 11 is 0. The fourth-order valence-corrected chi connectivity index (χ4v) is 3.10. The van der Waals surface area contributed by atoms with Gasteiger partial charge in [0.15, 0.2) is 0 Å². The van der Waals surface area contributed by atoms with Gasteiger partial charge >= 0.3 is 0 Å². The van der Waals surface area contributed by atoms with E-state index in [1.807, 2.05) is 24.4 Å².